The standard InChI is InChI=1S/C37H45F7N6O6/c1-18(2)26(45)33(53)48-27(19(3)4)35(55)56-17-50-29-20(5)8-6-11-25(29)28(21-9-7-10-22(38)16-21)47-31(34(50)54)49-32(52)24(13-15-37(42,43)44)23(30(46)51)12-14-36(39,40)41/h6-11,16,18-19,23-24,26-27,31H,12-15,17,45H2,1-5H3,(H2,46,51)(H,48,53)(H,49,52). The number of anilines is 1. The fourth-order valence-electron chi connectivity index (χ4n) is 6.01. The predicted molar refractivity (Wildman–Crippen MR) is 190 cm³/mol. The quantitative estimate of drug-likeness (QED) is 0.139. The molecule has 5 atom stereocenters. The highest BCUT2D eigenvalue weighted by molar-refractivity contribution is 6.20. The molecule has 308 valence electrons. The second-order valence-corrected chi connectivity index (χ2v) is 14.2. The van der Waals surface area contributed by atoms with E-state index in [0.29, 0.717) is 5.56 Å². The zero-order valence-electron chi connectivity index (χ0n) is 31.3. The Hall–Kier alpha value is -5.07. The van der Waals surface area contributed by atoms with E-state index in [1.54, 1.807) is 46.8 Å². The molecule has 0 radical (unpaired) electrons. The highest BCUT2D eigenvalue weighted by Gasteiger charge is 2.42. The Bertz CT molecular complexity index is 1800. The number of nitrogens with zero attached hydrogens (tertiary/aromatic N) is 2. The molecule has 56 heavy (non-hydrogen) atoms. The van der Waals surface area contributed by atoms with Crippen molar-refractivity contribution in [2.75, 3.05) is 11.6 Å². The first-order valence-electron chi connectivity index (χ1n) is 17.6. The highest BCUT2D eigenvalue weighted by atomic mass is 19.4. The van der Waals surface area contributed by atoms with E-state index < -0.39 is 116 Å². The summed E-state index contributed by atoms with van der Waals surface area (Å²) in [6.45, 7) is 7.30. The van der Waals surface area contributed by atoms with Crippen molar-refractivity contribution in [3.05, 3.63) is 65.0 Å². The molecule has 0 bridgehead atoms. The van der Waals surface area contributed by atoms with E-state index in [0.717, 1.165) is 17.0 Å². The van der Waals surface area contributed by atoms with Gasteiger partial charge in [0, 0.05) is 35.8 Å². The molecule has 0 fully saturated rings. The average molecular weight is 803 g/mol. The van der Waals surface area contributed by atoms with Crippen LogP contribution in [0.5, 0.6) is 0 Å². The number of nitrogens with two attached hydrogens (primary N) is 2. The van der Waals surface area contributed by atoms with E-state index >= 15 is 0 Å². The molecule has 1 heterocycles. The maximum atomic E-state index is 14.6. The number of ether oxygens (including phenoxy) is 1. The minimum absolute atomic E-state index is 0.0610. The summed E-state index contributed by atoms with van der Waals surface area (Å²) in [5, 5.41) is 4.71. The number of para-hydroxylation sites is 1. The van der Waals surface area contributed by atoms with Crippen molar-refractivity contribution in [2.24, 2.45) is 40.1 Å². The number of fused-ring (bicyclic) bond motifs is 1. The van der Waals surface area contributed by atoms with E-state index in [-0.39, 0.29) is 28.4 Å². The Morgan fingerprint density at radius 3 is 2.02 bits per heavy atom. The fraction of sp³-hybridized carbons (Fsp3) is 0.514. The zero-order chi connectivity index (χ0) is 42.3. The van der Waals surface area contributed by atoms with Crippen molar-refractivity contribution in [1.29, 1.82) is 0 Å². The lowest BCUT2D eigenvalue weighted by Crippen LogP contribution is -2.54. The largest absolute Gasteiger partial charge is 0.442 e. The summed E-state index contributed by atoms with van der Waals surface area (Å²) in [6, 6.07) is 7.28. The third-order valence-corrected chi connectivity index (χ3v) is 9.14. The van der Waals surface area contributed by atoms with Gasteiger partial charge in [0.15, 0.2) is 6.73 Å². The van der Waals surface area contributed by atoms with Crippen molar-refractivity contribution in [3.63, 3.8) is 0 Å². The molecule has 2 aromatic carbocycles. The van der Waals surface area contributed by atoms with Gasteiger partial charge in [-0.1, -0.05) is 58.0 Å². The highest BCUT2D eigenvalue weighted by Crippen LogP contribution is 2.35. The van der Waals surface area contributed by atoms with Gasteiger partial charge >= 0.3 is 18.3 Å². The van der Waals surface area contributed by atoms with Crippen LogP contribution in [-0.2, 0) is 28.7 Å². The Morgan fingerprint density at radius 1 is 0.893 bits per heavy atom. The summed E-state index contributed by atoms with van der Waals surface area (Å²) in [6.07, 6.45) is -17.5. The van der Waals surface area contributed by atoms with Crippen LogP contribution in [0.2, 0.25) is 0 Å². The molecule has 3 rings (SSSR count). The second-order valence-electron chi connectivity index (χ2n) is 14.2. The number of benzene rings is 2. The van der Waals surface area contributed by atoms with Crippen LogP contribution in [0.1, 0.15) is 70.1 Å². The monoisotopic (exact) mass is 802 g/mol. The lowest BCUT2D eigenvalue weighted by atomic mass is 9.83. The molecule has 4 amide bonds. The number of benzodiazepines with no additional fused rings is 1. The first-order chi connectivity index (χ1) is 25.9. The van der Waals surface area contributed by atoms with Crippen LogP contribution in [0.4, 0.5) is 36.4 Å². The molecule has 0 spiro atoms. The number of nitrogens with one attached hydrogen (secondary N) is 2. The van der Waals surface area contributed by atoms with E-state index in [9.17, 15) is 54.7 Å². The topological polar surface area (TPSA) is 186 Å². The van der Waals surface area contributed by atoms with Crippen molar-refractivity contribution in [2.45, 2.75) is 90.9 Å². The van der Waals surface area contributed by atoms with Gasteiger partial charge in [0.1, 0.15) is 11.9 Å². The Kier molecular flexibility index (Phi) is 15.1. The molecular weight excluding hydrogens is 757 g/mol. The third kappa shape index (κ3) is 12.2. The molecule has 6 N–H and O–H groups in total. The van der Waals surface area contributed by atoms with Gasteiger partial charge in [-0.15, -0.1) is 0 Å². The van der Waals surface area contributed by atoms with Gasteiger partial charge in [-0.2, -0.15) is 26.3 Å². The van der Waals surface area contributed by atoms with Crippen LogP contribution >= 0.6 is 0 Å². The van der Waals surface area contributed by atoms with Crippen LogP contribution in [0.15, 0.2) is 47.5 Å². The molecule has 0 saturated heterocycles. The van der Waals surface area contributed by atoms with Crippen molar-refractivity contribution < 1.29 is 59.4 Å². The molecule has 2 aromatic rings. The predicted octanol–water partition coefficient (Wildman–Crippen LogP) is 4.79. The smallest absolute Gasteiger partial charge is 0.389 e. The number of amides is 4. The van der Waals surface area contributed by atoms with Crippen molar-refractivity contribution in [1.82, 2.24) is 10.6 Å². The number of rotatable bonds is 16. The number of esters is 1. The molecule has 19 heteroatoms. The number of halogens is 7. The molecule has 0 aromatic heterocycles. The fourth-order valence-corrected chi connectivity index (χ4v) is 6.01. The number of carbonyl (C=O) groups is 5. The summed E-state index contributed by atoms with van der Waals surface area (Å²) in [5.41, 5.74) is 11.8. The van der Waals surface area contributed by atoms with E-state index in [1.165, 1.54) is 18.2 Å². The Balaban J connectivity index is 2.14. The molecule has 0 aliphatic carbocycles. The zero-order valence-corrected chi connectivity index (χ0v) is 31.3. The van der Waals surface area contributed by atoms with Gasteiger partial charge in [-0.25, -0.2) is 14.2 Å². The third-order valence-electron chi connectivity index (χ3n) is 9.14. The number of carbonyl (C=O) groups excluding carboxylic acids is 5. The van der Waals surface area contributed by atoms with Gasteiger partial charge in [-0.3, -0.25) is 24.1 Å². The van der Waals surface area contributed by atoms with Gasteiger partial charge < -0.3 is 26.8 Å². The first-order valence-corrected chi connectivity index (χ1v) is 17.6. The van der Waals surface area contributed by atoms with Crippen LogP contribution in [0, 0.1) is 36.4 Å². The molecule has 0 saturated carbocycles. The molecule has 12 nitrogen and oxygen atoms in total. The summed E-state index contributed by atoms with van der Waals surface area (Å²) in [4.78, 5) is 72.1. The van der Waals surface area contributed by atoms with Gasteiger partial charge in [0.25, 0.3) is 5.91 Å². The summed E-state index contributed by atoms with van der Waals surface area (Å²) in [7, 11) is 0. The van der Waals surface area contributed by atoms with Crippen molar-refractivity contribution >= 4 is 41.0 Å². The van der Waals surface area contributed by atoms with E-state index in [1.807, 2.05) is 0 Å². The number of hydrogen-bond donors (Lipinski definition) is 4. The molecule has 1 aliphatic rings. The second kappa shape index (κ2) is 18.7. The van der Waals surface area contributed by atoms with Crippen LogP contribution in [-0.4, -0.2) is 72.6 Å². The molecule has 5 unspecified atom stereocenters. The Morgan fingerprint density at radius 2 is 1.48 bits per heavy atom. The van der Waals surface area contributed by atoms with Crippen LogP contribution in [0.3, 0.4) is 0 Å². The van der Waals surface area contributed by atoms with Crippen LogP contribution < -0.4 is 27.0 Å². The SMILES string of the molecule is Cc1cccc2c1N(COC(=O)C(NC(=O)C(N)C(C)C)C(C)C)C(=O)C(NC(=O)C(CCC(F)(F)F)C(CCC(F)(F)F)C(N)=O)N=C2c1cccc(F)c1. The van der Waals surface area contributed by atoms with Crippen LogP contribution in [0.25, 0.3) is 0 Å². The summed E-state index contributed by atoms with van der Waals surface area (Å²) < 4.78 is 99.9. The lowest BCUT2D eigenvalue weighted by Gasteiger charge is -2.29. The number of aryl methyl sites for hydroxylation is 1. The normalized spacial score (nSPS) is 17.0. The summed E-state index contributed by atoms with van der Waals surface area (Å²) >= 11 is 0. The molecular formula is C37H45F7N6O6. The van der Waals surface area contributed by atoms with Gasteiger partial charge in [-0.05, 0) is 49.3 Å². The van der Waals surface area contributed by atoms with E-state index in [2.05, 4.69) is 15.6 Å². The first kappa shape index (κ1) is 45.3. The number of aliphatic imine (C=N–C) groups is 1. The van der Waals surface area contributed by atoms with Crippen molar-refractivity contribution in [3.8, 4) is 0 Å². The van der Waals surface area contributed by atoms with Gasteiger partial charge in [0.05, 0.1) is 17.4 Å². The lowest BCUT2D eigenvalue weighted by molar-refractivity contribution is -0.152. The minimum atomic E-state index is -4.90. The maximum absolute atomic E-state index is 14.6. The average Bonchev–Trinajstić information content (AvgIpc) is 3.20. The number of alkyl halides is 6. The Labute approximate surface area is 318 Å². The van der Waals surface area contributed by atoms with E-state index in [4.69, 9.17) is 16.2 Å². The summed E-state index contributed by atoms with van der Waals surface area (Å²) in [5.74, 6) is -11.4. The maximum Gasteiger partial charge on any atom is 0.389 e. The van der Waals surface area contributed by atoms with Gasteiger partial charge in [0.2, 0.25) is 23.9 Å². The number of hydrogen-bond acceptors (Lipinski definition) is 8. The molecule has 1 aliphatic heterocycles. The minimum Gasteiger partial charge on any atom is -0.442 e. The number of primary amides is 1.